The van der Waals surface area contributed by atoms with E-state index < -0.39 is 64.1 Å². The average Bonchev–Trinajstić information content (AvgIpc) is 2.74. The molecule has 37 heavy (non-hydrogen) atoms. The van der Waals surface area contributed by atoms with Crippen LogP contribution in [-0.4, -0.2) is 40.0 Å². The molecular formula is C21H18ClF9N2O3S. The Balaban J connectivity index is 2.36. The van der Waals surface area contributed by atoms with Gasteiger partial charge < -0.3 is 15.7 Å². The number of aliphatic hydroxyl groups is 1. The molecule has 16 heteroatoms. The van der Waals surface area contributed by atoms with Crippen LogP contribution in [0, 0.1) is 0 Å². The minimum absolute atomic E-state index is 0.0723. The predicted molar refractivity (Wildman–Crippen MR) is 117 cm³/mol. The maximum absolute atomic E-state index is 13.8. The lowest BCUT2D eigenvalue weighted by Gasteiger charge is -2.32. The smallest absolute Gasteiger partial charge is 0.381 e. The van der Waals surface area contributed by atoms with E-state index in [1.165, 1.54) is 12.3 Å². The molecule has 206 valence electrons. The highest BCUT2D eigenvalue weighted by Gasteiger charge is 2.56. The predicted octanol–water partition coefficient (Wildman–Crippen LogP) is 5.23. The van der Waals surface area contributed by atoms with Crippen molar-refractivity contribution in [2.75, 3.05) is 23.9 Å². The molecule has 3 N–H and O–H groups in total. The molecule has 1 amide bonds. The standard InChI is InChI=1S/C21H18ClF9N2O3S/c1-37(36)9-17(34)32-8-11-2-3-15(7-16(11)22)33-10-18(35,21(29,30)31)12-4-13(19(23,24)25)6-14(5-12)20(26,27)28/h2-7,33,35H,8-10H2,1H3,(H,32,34)/t18-,37-/m0/s1. The van der Waals surface area contributed by atoms with Crippen molar-refractivity contribution in [3.8, 4) is 0 Å². The van der Waals surface area contributed by atoms with Crippen molar-refractivity contribution in [1.29, 1.82) is 0 Å². The van der Waals surface area contributed by atoms with Gasteiger partial charge in [-0.25, -0.2) is 0 Å². The van der Waals surface area contributed by atoms with Crippen molar-refractivity contribution in [1.82, 2.24) is 5.32 Å². The van der Waals surface area contributed by atoms with Crippen LogP contribution < -0.4 is 10.6 Å². The summed E-state index contributed by atoms with van der Waals surface area (Å²) in [6.07, 6.45) is -15.2. The summed E-state index contributed by atoms with van der Waals surface area (Å²) in [6, 6.07) is 2.75. The Morgan fingerprint density at radius 3 is 1.86 bits per heavy atom. The Labute approximate surface area is 211 Å². The minimum Gasteiger partial charge on any atom is -0.381 e. The molecule has 5 nitrogen and oxygen atoms in total. The van der Waals surface area contributed by atoms with E-state index in [0.717, 1.165) is 12.1 Å². The quantitative estimate of drug-likeness (QED) is 0.371. The minimum atomic E-state index is -5.69. The lowest BCUT2D eigenvalue weighted by atomic mass is 9.89. The average molecular weight is 585 g/mol. The number of anilines is 1. The molecule has 2 aromatic rings. The zero-order valence-corrected chi connectivity index (χ0v) is 20.1. The second-order valence-corrected chi connectivity index (χ2v) is 9.65. The molecule has 2 aromatic carbocycles. The highest BCUT2D eigenvalue weighted by atomic mass is 35.5. The van der Waals surface area contributed by atoms with Gasteiger partial charge in [-0.3, -0.25) is 9.00 Å². The molecule has 2 rings (SSSR count). The molecule has 0 radical (unpaired) electrons. The van der Waals surface area contributed by atoms with Crippen LogP contribution in [0.2, 0.25) is 5.02 Å². The Bertz CT molecular complexity index is 1140. The first-order valence-corrected chi connectivity index (χ1v) is 12.0. The van der Waals surface area contributed by atoms with Gasteiger partial charge in [0.1, 0.15) is 5.75 Å². The summed E-state index contributed by atoms with van der Waals surface area (Å²) < 4.78 is 131. The summed E-state index contributed by atoms with van der Waals surface area (Å²) in [6.45, 7) is -1.70. The maximum Gasteiger partial charge on any atom is 0.423 e. The van der Waals surface area contributed by atoms with Crippen molar-refractivity contribution in [3.63, 3.8) is 0 Å². The fraction of sp³-hybridized carbons (Fsp3) is 0.381. The van der Waals surface area contributed by atoms with Crippen LogP contribution in [0.3, 0.4) is 0 Å². The summed E-state index contributed by atoms with van der Waals surface area (Å²) in [5, 5.41) is 14.8. The van der Waals surface area contributed by atoms with E-state index in [-0.39, 0.29) is 41.2 Å². The van der Waals surface area contributed by atoms with Crippen LogP contribution in [0.15, 0.2) is 36.4 Å². The van der Waals surface area contributed by atoms with Crippen LogP contribution in [-0.2, 0) is 40.1 Å². The zero-order valence-electron chi connectivity index (χ0n) is 18.5. The molecule has 0 aliphatic rings. The summed E-state index contributed by atoms with van der Waals surface area (Å²) in [7, 11) is -1.41. The van der Waals surface area contributed by atoms with E-state index in [2.05, 4.69) is 10.6 Å². The number of hydrogen-bond acceptors (Lipinski definition) is 4. The van der Waals surface area contributed by atoms with E-state index >= 15 is 0 Å². The number of amides is 1. The molecular weight excluding hydrogens is 567 g/mol. The van der Waals surface area contributed by atoms with E-state index in [1.807, 2.05) is 0 Å². The van der Waals surface area contributed by atoms with Crippen molar-refractivity contribution >= 4 is 34.0 Å². The Hall–Kier alpha value is -2.52. The van der Waals surface area contributed by atoms with Gasteiger partial charge >= 0.3 is 18.5 Å². The van der Waals surface area contributed by atoms with E-state index in [0.29, 0.717) is 5.56 Å². The van der Waals surface area contributed by atoms with Gasteiger partial charge in [0.25, 0.3) is 0 Å². The number of carbonyl (C=O) groups excluding carboxylic acids is 1. The third-order valence-electron chi connectivity index (χ3n) is 4.95. The summed E-state index contributed by atoms with van der Waals surface area (Å²) in [5.74, 6) is -0.840. The normalized spacial score (nSPS) is 15.1. The molecule has 0 aliphatic heterocycles. The van der Waals surface area contributed by atoms with Gasteiger partial charge in [0, 0.05) is 34.3 Å². The molecule has 0 aromatic heterocycles. The second-order valence-electron chi connectivity index (χ2n) is 7.81. The van der Waals surface area contributed by atoms with Crippen LogP contribution in [0.4, 0.5) is 45.2 Å². The molecule has 2 atom stereocenters. The molecule has 0 saturated heterocycles. The number of rotatable bonds is 8. The highest BCUT2D eigenvalue weighted by Crippen LogP contribution is 2.44. The topological polar surface area (TPSA) is 78.4 Å². The first kappa shape index (κ1) is 30.7. The number of alkyl halides is 9. The number of halogens is 10. The summed E-state index contributed by atoms with van der Waals surface area (Å²) in [4.78, 5) is 11.6. The molecule has 0 heterocycles. The molecule has 0 saturated carbocycles. The van der Waals surface area contributed by atoms with Crippen molar-refractivity contribution < 1.29 is 53.6 Å². The van der Waals surface area contributed by atoms with Crippen molar-refractivity contribution in [2.24, 2.45) is 0 Å². The van der Waals surface area contributed by atoms with Gasteiger partial charge in [-0.1, -0.05) is 17.7 Å². The monoisotopic (exact) mass is 584 g/mol. The SMILES string of the molecule is C[S@](=O)CC(=O)NCc1ccc(NC[C@](O)(c2cc(C(F)(F)F)cc(C(F)(F)F)c2)C(F)(F)F)cc1Cl. The van der Waals surface area contributed by atoms with Gasteiger partial charge in [0.15, 0.2) is 0 Å². The number of benzene rings is 2. The van der Waals surface area contributed by atoms with Crippen LogP contribution in [0.5, 0.6) is 0 Å². The van der Waals surface area contributed by atoms with E-state index in [4.69, 9.17) is 11.6 Å². The van der Waals surface area contributed by atoms with Gasteiger partial charge in [0.05, 0.1) is 17.7 Å². The molecule has 0 aliphatic carbocycles. The lowest BCUT2D eigenvalue weighted by molar-refractivity contribution is -0.261. The third kappa shape index (κ3) is 7.98. The Kier molecular flexibility index (Phi) is 9.19. The van der Waals surface area contributed by atoms with Crippen LogP contribution >= 0.6 is 11.6 Å². The Morgan fingerprint density at radius 2 is 1.43 bits per heavy atom. The Morgan fingerprint density at radius 1 is 0.919 bits per heavy atom. The number of carbonyl (C=O) groups is 1. The summed E-state index contributed by atoms with van der Waals surface area (Å²) in [5.41, 5.74) is -9.76. The molecule has 0 spiro atoms. The highest BCUT2D eigenvalue weighted by molar-refractivity contribution is 7.85. The number of nitrogens with one attached hydrogen (secondary N) is 2. The van der Waals surface area contributed by atoms with Crippen LogP contribution in [0.25, 0.3) is 0 Å². The summed E-state index contributed by atoms with van der Waals surface area (Å²) >= 11 is 6.03. The first-order chi connectivity index (χ1) is 16.7. The third-order valence-corrected chi connectivity index (χ3v) is 5.97. The van der Waals surface area contributed by atoms with Crippen molar-refractivity contribution in [2.45, 2.75) is 30.7 Å². The number of hydrogen-bond donors (Lipinski definition) is 3. The second kappa shape index (κ2) is 11.1. The molecule has 0 fully saturated rings. The molecule has 0 unspecified atom stereocenters. The fourth-order valence-corrected chi connectivity index (χ4v) is 3.74. The van der Waals surface area contributed by atoms with Gasteiger partial charge in [0.2, 0.25) is 11.5 Å². The largest absolute Gasteiger partial charge is 0.423 e. The molecule has 0 bridgehead atoms. The van der Waals surface area contributed by atoms with Gasteiger partial charge in [-0.2, -0.15) is 39.5 Å². The zero-order chi connectivity index (χ0) is 28.4. The van der Waals surface area contributed by atoms with Crippen molar-refractivity contribution in [3.05, 3.63) is 63.7 Å². The van der Waals surface area contributed by atoms with E-state index in [9.17, 15) is 53.6 Å². The first-order valence-electron chi connectivity index (χ1n) is 9.92. The van der Waals surface area contributed by atoms with Gasteiger partial charge in [-0.05, 0) is 41.5 Å². The van der Waals surface area contributed by atoms with Crippen LogP contribution in [0.1, 0.15) is 22.3 Å². The lowest BCUT2D eigenvalue weighted by Crippen LogP contribution is -2.48. The maximum atomic E-state index is 13.8. The van der Waals surface area contributed by atoms with Gasteiger partial charge in [-0.15, -0.1) is 0 Å². The fourth-order valence-electron chi connectivity index (χ4n) is 3.02. The van der Waals surface area contributed by atoms with E-state index in [1.54, 1.807) is 0 Å².